The fraction of sp³-hybridized carbons (Fsp3) is 0.167. The van der Waals surface area contributed by atoms with Crippen molar-refractivity contribution in [2.45, 2.75) is 12.1 Å². The first kappa shape index (κ1) is 18.6. The van der Waals surface area contributed by atoms with Crippen LogP contribution in [-0.4, -0.2) is 44.8 Å². The van der Waals surface area contributed by atoms with Gasteiger partial charge in [-0.25, -0.2) is 0 Å². The minimum absolute atomic E-state index is 0.0564. The molecule has 3 aromatic rings. The number of aromatic nitrogens is 4. The summed E-state index contributed by atoms with van der Waals surface area (Å²) in [4.78, 5) is 23.6. The highest BCUT2D eigenvalue weighted by Crippen LogP contribution is 2.20. The summed E-state index contributed by atoms with van der Waals surface area (Å²) in [6.07, 6.45) is 0. The van der Waals surface area contributed by atoms with E-state index in [0.29, 0.717) is 16.4 Å². The summed E-state index contributed by atoms with van der Waals surface area (Å²) >= 11 is 1.21. The van der Waals surface area contributed by atoms with Crippen LogP contribution in [0.4, 0.5) is 5.69 Å². The first-order chi connectivity index (χ1) is 13.1. The van der Waals surface area contributed by atoms with Crippen molar-refractivity contribution in [2.24, 2.45) is 0 Å². The molecular weight excluding hydrogens is 366 g/mol. The summed E-state index contributed by atoms with van der Waals surface area (Å²) < 4.78 is 6.68. The lowest BCUT2D eigenvalue weighted by Crippen LogP contribution is -2.15. The largest absolute Gasteiger partial charge is 0.497 e. The number of ether oxygens (including phenoxy) is 1. The zero-order chi connectivity index (χ0) is 19.2. The van der Waals surface area contributed by atoms with Gasteiger partial charge in [-0.1, -0.05) is 23.9 Å². The topological polar surface area (TPSA) is 99.0 Å². The summed E-state index contributed by atoms with van der Waals surface area (Å²) in [5.74, 6) is 0.582. The Kier molecular flexibility index (Phi) is 5.82. The second kappa shape index (κ2) is 8.45. The highest BCUT2D eigenvalue weighted by Gasteiger charge is 2.12. The number of Topliss-reactive ketones (excluding diaryl/α,β-unsaturated/α-hetero) is 1. The van der Waals surface area contributed by atoms with E-state index in [1.165, 1.54) is 18.7 Å². The van der Waals surface area contributed by atoms with Gasteiger partial charge >= 0.3 is 0 Å². The highest BCUT2D eigenvalue weighted by atomic mass is 32.2. The maximum absolute atomic E-state index is 12.2. The number of hydrogen-bond acceptors (Lipinski definition) is 7. The number of methoxy groups -OCH3 is 1. The Balaban J connectivity index is 1.63. The first-order valence-corrected chi connectivity index (χ1v) is 9.02. The molecule has 138 valence electrons. The number of anilines is 1. The molecule has 0 radical (unpaired) electrons. The van der Waals surface area contributed by atoms with Gasteiger partial charge < -0.3 is 10.1 Å². The Hall–Kier alpha value is -3.20. The van der Waals surface area contributed by atoms with E-state index in [1.807, 2.05) is 12.1 Å². The van der Waals surface area contributed by atoms with Crippen LogP contribution in [0.2, 0.25) is 0 Å². The van der Waals surface area contributed by atoms with E-state index in [2.05, 4.69) is 20.8 Å². The van der Waals surface area contributed by atoms with E-state index in [9.17, 15) is 9.59 Å². The highest BCUT2D eigenvalue weighted by molar-refractivity contribution is 7.99. The van der Waals surface area contributed by atoms with Crippen molar-refractivity contribution in [3.63, 3.8) is 0 Å². The van der Waals surface area contributed by atoms with E-state index in [-0.39, 0.29) is 17.4 Å². The number of carbonyl (C=O) groups excluding carboxylic acids is 2. The van der Waals surface area contributed by atoms with Gasteiger partial charge in [0.2, 0.25) is 11.1 Å². The Bertz CT molecular complexity index is 956. The number of rotatable bonds is 7. The third kappa shape index (κ3) is 4.70. The fourth-order valence-corrected chi connectivity index (χ4v) is 2.99. The number of nitrogens with one attached hydrogen (secondary N) is 1. The molecule has 1 amide bonds. The van der Waals surface area contributed by atoms with Crippen LogP contribution >= 0.6 is 11.8 Å². The van der Waals surface area contributed by atoms with Gasteiger partial charge in [-0.15, -0.1) is 5.10 Å². The quantitative estimate of drug-likeness (QED) is 0.494. The molecule has 2 aromatic carbocycles. The molecule has 27 heavy (non-hydrogen) atoms. The number of nitrogens with zero attached hydrogens (tertiary/aromatic N) is 4. The van der Waals surface area contributed by atoms with Crippen LogP contribution < -0.4 is 10.1 Å². The second-order valence-corrected chi connectivity index (χ2v) is 6.49. The van der Waals surface area contributed by atoms with Crippen LogP contribution in [0.15, 0.2) is 53.7 Å². The Morgan fingerprint density at radius 1 is 1.19 bits per heavy atom. The second-order valence-electron chi connectivity index (χ2n) is 5.55. The molecule has 1 heterocycles. The normalized spacial score (nSPS) is 10.4. The smallest absolute Gasteiger partial charge is 0.234 e. The van der Waals surface area contributed by atoms with Gasteiger partial charge in [-0.3, -0.25) is 9.59 Å². The van der Waals surface area contributed by atoms with Gasteiger partial charge in [-0.2, -0.15) is 4.68 Å². The van der Waals surface area contributed by atoms with Crippen molar-refractivity contribution >= 4 is 29.1 Å². The maximum atomic E-state index is 12.2. The maximum Gasteiger partial charge on any atom is 0.234 e. The molecule has 0 saturated carbocycles. The third-order valence-corrected chi connectivity index (χ3v) is 4.56. The van der Waals surface area contributed by atoms with E-state index < -0.39 is 0 Å². The van der Waals surface area contributed by atoms with Gasteiger partial charge in [0.25, 0.3) is 0 Å². The summed E-state index contributed by atoms with van der Waals surface area (Å²) in [5, 5.41) is 14.9. The van der Waals surface area contributed by atoms with Crippen LogP contribution in [0.5, 0.6) is 5.75 Å². The van der Waals surface area contributed by atoms with E-state index in [4.69, 9.17) is 4.74 Å². The minimum Gasteiger partial charge on any atom is -0.497 e. The summed E-state index contributed by atoms with van der Waals surface area (Å²) in [7, 11) is 1.60. The predicted octanol–water partition coefficient (Wildman–Crippen LogP) is 2.60. The molecule has 9 heteroatoms. The lowest BCUT2D eigenvalue weighted by molar-refractivity contribution is -0.113. The molecule has 0 saturated heterocycles. The molecule has 1 aromatic heterocycles. The zero-order valence-corrected chi connectivity index (χ0v) is 15.6. The van der Waals surface area contributed by atoms with Gasteiger partial charge in [0.05, 0.1) is 18.6 Å². The third-order valence-electron chi connectivity index (χ3n) is 3.64. The summed E-state index contributed by atoms with van der Waals surface area (Å²) in [6, 6.07) is 14.1. The summed E-state index contributed by atoms with van der Waals surface area (Å²) in [6.45, 7) is 1.48. The van der Waals surface area contributed by atoms with E-state index >= 15 is 0 Å². The number of ketones is 1. The van der Waals surface area contributed by atoms with Crippen molar-refractivity contribution < 1.29 is 14.3 Å². The fourth-order valence-electron chi connectivity index (χ4n) is 2.30. The molecule has 1 N–H and O–H groups in total. The predicted molar refractivity (Wildman–Crippen MR) is 102 cm³/mol. The standard InChI is InChI=1S/C18H17N5O3S/c1-12(24)13-4-3-5-14(10-13)19-17(25)11-27-18-20-21-22-23(18)15-6-8-16(26-2)9-7-15/h3-10H,11H2,1-2H3,(H,19,25). The Morgan fingerprint density at radius 3 is 2.67 bits per heavy atom. The van der Waals surface area contributed by atoms with Crippen molar-refractivity contribution in [1.29, 1.82) is 0 Å². The lowest BCUT2D eigenvalue weighted by atomic mass is 10.1. The Morgan fingerprint density at radius 2 is 1.96 bits per heavy atom. The molecular formula is C18H17N5O3S. The summed E-state index contributed by atoms with van der Waals surface area (Å²) in [5.41, 5.74) is 1.88. The molecule has 0 fully saturated rings. The van der Waals surface area contributed by atoms with Crippen LogP contribution in [0.25, 0.3) is 5.69 Å². The van der Waals surface area contributed by atoms with Gasteiger partial charge in [0.1, 0.15) is 5.75 Å². The first-order valence-electron chi connectivity index (χ1n) is 8.03. The monoisotopic (exact) mass is 383 g/mol. The molecule has 3 rings (SSSR count). The number of benzene rings is 2. The van der Waals surface area contributed by atoms with Gasteiger partial charge in [0.15, 0.2) is 5.78 Å². The van der Waals surface area contributed by atoms with Crippen LogP contribution in [0.3, 0.4) is 0 Å². The lowest BCUT2D eigenvalue weighted by Gasteiger charge is -2.07. The van der Waals surface area contributed by atoms with Gasteiger partial charge in [0, 0.05) is 11.3 Å². The number of hydrogen-bond donors (Lipinski definition) is 1. The van der Waals surface area contributed by atoms with Crippen molar-refractivity contribution in [2.75, 3.05) is 18.2 Å². The SMILES string of the molecule is COc1ccc(-n2nnnc2SCC(=O)Nc2cccc(C(C)=O)c2)cc1. The molecule has 0 aliphatic carbocycles. The van der Waals surface area contributed by atoms with E-state index in [0.717, 1.165) is 11.4 Å². The average Bonchev–Trinajstić information content (AvgIpc) is 3.15. The van der Waals surface area contributed by atoms with Crippen molar-refractivity contribution in [3.05, 3.63) is 54.1 Å². The van der Waals surface area contributed by atoms with Crippen LogP contribution in [-0.2, 0) is 4.79 Å². The number of amides is 1. The molecule has 8 nitrogen and oxygen atoms in total. The van der Waals surface area contributed by atoms with E-state index in [1.54, 1.807) is 48.2 Å². The molecule has 0 unspecified atom stereocenters. The van der Waals surface area contributed by atoms with Crippen LogP contribution in [0, 0.1) is 0 Å². The average molecular weight is 383 g/mol. The molecule has 0 atom stereocenters. The Labute approximate surface area is 159 Å². The molecule has 0 bridgehead atoms. The minimum atomic E-state index is -0.218. The van der Waals surface area contributed by atoms with Gasteiger partial charge in [-0.05, 0) is 53.7 Å². The molecule has 0 aliphatic rings. The number of carbonyl (C=O) groups is 2. The number of tetrazole rings is 1. The molecule has 0 aliphatic heterocycles. The van der Waals surface area contributed by atoms with Crippen molar-refractivity contribution in [1.82, 2.24) is 20.2 Å². The zero-order valence-electron chi connectivity index (χ0n) is 14.7. The molecule has 0 spiro atoms. The number of thioether (sulfide) groups is 1. The van der Waals surface area contributed by atoms with Crippen molar-refractivity contribution in [3.8, 4) is 11.4 Å². The van der Waals surface area contributed by atoms with Crippen LogP contribution in [0.1, 0.15) is 17.3 Å².